The van der Waals surface area contributed by atoms with E-state index < -0.39 is 0 Å². The van der Waals surface area contributed by atoms with E-state index >= 15 is 0 Å². The third-order valence-electron chi connectivity index (χ3n) is 2.36. The monoisotopic (exact) mass is 218 g/mol. The molecule has 0 aliphatic carbocycles. The van der Waals surface area contributed by atoms with Gasteiger partial charge >= 0.3 is 0 Å². The Morgan fingerprint density at radius 2 is 1.80 bits per heavy atom. The van der Waals surface area contributed by atoms with Gasteiger partial charge in [-0.1, -0.05) is 29.8 Å². The smallest absolute Gasteiger partial charge is 0.134 e. The summed E-state index contributed by atoms with van der Waals surface area (Å²) in [5.74, 6) is 2.76. The van der Waals surface area contributed by atoms with Crippen LogP contribution in [0.5, 0.6) is 0 Å². The van der Waals surface area contributed by atoms with E-state index in [4.69, 9.17) is 4.42 Å². The number of rotatable bonds is 3. The molecular formula is C13H14OS. The first-order valence-electron chi connectivity index (χ1n) is 5.06. The van der Waals surface area contributed by atoms with E-state index in [2.05, 4.69) is 43.8 Å². The van der Waals surface area contributed by atoms with Gasteiger partial charge in [-0.15, -0.1) is 0 Å². The molecule has 2 aromatic rings. The fourth-order valence-electron chi connectivity index (χ4n) is 1.50. The minimum Gasteiger partial charge on any atom is -0.461 e. The number of thiol groups is 1. The topological polar surface area (TPSA) is 13.1 Å². The summed E-state index contributed by atoms with van der Waals surface area (Å²) in [6.45, 7) is 2.08. The first-order valence-corrected chi connectivity index (χ1v) is 5.69. The van der Waals surface area contributed by atoms with Crippen LogP contribution in [-0.4, -0.2) is 5.75 Å². The molecule has 15 heavy (non-hydrogen) atoms. The van der Waals surface area contributed by atoms with Crippen molar-refractivity contribution in [3.05, 3.63) is 47.7 Å². The van der Waals surface area contributed by atoms with Gasteiger partial charge in [-0.05, 0) is 24.8 Å². The van der Waals surface area contributed by atoms with E-state index in [1.807, 2.05) is 12.1 Å². The molecule has 0 saturated heterocycles. The van der Waals surface area contributed by atoms with Crippen molar-refractivity contribution >= 4 is 12.6 Å². The van der Waals surface area contributed by atoms with E-state index in [-0.39, 0.29) is 0 Å². The lowest BCUT2D eigenvalue weighted by molar-refractivity contribution is 0.531. The third-order valence-corrected chi connectivity index (χ3v) is 2.58. The molecule has 1 aromatic carbocycles. The summed E-state index contributed by atoms with van der Waals surface area (Å²) in [5.41, 5.74) is 2.40. The summed E-state index contributed by atoms with van der Waals surface area (Å²) in [7, 11) is 0. The largest absolute Gasteiger partial charge is 0.461 e. The summed E-state index contributed by atoms with van der Waals surface area (Å²) in [4.78, 5) is 0. The average Bonchev–Trinajstić information content (AvgIpc) is 2.68. The number of hydrogen-bond acceptors (Lipinski definition) is 2. The number of hydrogen-bond donors (Lipinski definition) is 1. The highest BCUT2D eigenvalue weighted by Crippen LogP contribution is 2.22. The molecule has 0 unspecified atom stereocenters. The van der Waals surface area contributed by atoms with Crippen LogP contribution < -0.4 is 0 Å². The Bertz CT molecular complexity index is 428. The molecule has 0 aliphatic heterocycles. The van der Waals surface area contributed by atoms with E-state index in [0.29, 0.717) is 0 Å². The van der Waals surface area contributed by atoms with Crippen LogP contribution in [0.1, 0.15) is 11.3 Å². The number of furan rings is 1. The predicted molar refractivity (Wildman–Crippen MR) is 66.4 cm³/mol. The van der Waals surface area contributed by atoms with E-state index in [9.17, 15) is 0 Å². The van der Waals surface area contributed by atoms with Crippen LogP contribution >= 0.6 is 12.6 Å². The van der Waals surface area contributed by atoms with Gasteiger partial charge in [-0.2, -0.15) is 12.6 Å². The van der Waals surface area contributed by atoms with E-state index in [1.54, 1.807) is 0 Å². The van der Waals surface area contributed by atoms with Gasteiger partial charge in [0, 0.05) is 12.0 Å². The van der Waals surface area contributed by atoms with Gasteiger partial charge in [0.05, 0.1) is 0 Å². The first-order chi connectivity index (χ1) is 7.29. The van der Waals surface area contributed by atoms with E-state index in [0.717, 1.165) is 29.3 Å². The van der Waals surface area contributed by atoms with Crippen LogP contribution in [0.25, 0.3) is 11.3 Å². The van der Waals surface area contributed by atoms with Crippen molar-refractivity contribution < 1.29 is 4.42 Å². The van der Waals surface area contributed by atoms with Crippen LogP contribution in [0.4, 0.5) is 0 Å². The van der Waals surface area contributed by atoms with Gasteiger partial charge in [0.25, 0.3) is 0 Å². The van der Waals surface area contributed by atoms with Crippen LogP contribution in [0.15, 0.2) is 40.8 Å². The van der Waals surface area contributed by atoms with Gasteiger partial charge in [-0.25, -0.2) is 0 Å². The molecule has 0 radical (unpaired) electrons. The molecule has 0 atom stereocenters. The molecule has 1 aromatic heterocycles. The Balaban J connectivity index is 2.25. The lowest BCUT2D eigenvalue weighted by Gasteiger charge is -1.97. The summed E-state index contributed by atoms with van der Waals surface area (Å²) in [5, 5.41) is 0. The second kappa shape index (κ2) is 4.58. The van der Waals surface area contributed by atoms with Gasteiger partial charge in [0.2, 0.25) is 0 Å². The first kappa shape index (κ1) is 10.4. The summed E-state index contributed by atoms with van der Waals surface area (Å²) in [6, 6.07) is 12.4. The van der Waals surface area contributed by atoms with Crippen molar-refractivity contribution in [2.45, 2.75) is 13.3 Å². The molecule has 2 rings (SSSR count). The van der Waals surface area contributed by atoms with Crippen LogP contribution in [0, 0.1) is 6.92 Å². The van der Waals surface area contributed by atoms with Gasteiger partial charge < -0.3 is 4.42 Å². The Kier molecular flexibility index (Phi) is 3.17. The van der Waals surface area contributed by atoms with Gasteiger partial charge in [0.1, 0.15) is 11.5 Å². The van der Waals surface area contributed by atoms with Crippen molar-refractivity contribution in [2.75, 3.05) is 5.75 Å². The highest BCUT2D eigenvalue weighted by atomic mass is 32.1. The lowest BCUT2D eigenvalue weighted by atomic mass is 10.1. The minimum atomic E-state index is 0.820. The van der Waals surface area contributed by atoms with Crippen LogP contribution in [0.3, 0.4) is 0 Å². The highest BCUT2D eigenvalue weighted by molar-refractivity contribution is 7.80. The zero-order chi connectivity index (χ0) is 10.7. The Hall–Kier alpha value is -1.15. The summed E-state index contributed by atoms with van der Waals surface area (Å²) >= 11 is 4.18. The minimum absolute atomic E-state index is 0.820. The van der Waals surface area contributed by atoms with Gasteiger partial charge in [0.15, 0.2) is 0 Å². The third kappa shape index (κ3) is 2.45. The maximum Gasteiger partial charge on any atom is 0.134 e. The molecule has 0 fully saturated rings. The second-order valence-electron chi connectivity index (χ2n) is 3.61. The Morgan fingerprint density at radius 1 is 1.07 bits per heavy atom. The number of aryl methyl sites for hydroxylation is 2. The fourth-order valence-corrected chi connectivity index (χ4v) is 1.72. The van der Waals surface area contributed by atoms with Crippen molar-refractivity contribution in [1.82, 2.24) is 0 Å². The quantitative estimate of drug-likeness (QED) is 0.775. The molecule has 2 heteroatoms. The van der Waals surface area contributed by atoms with Gasteiger partial charge in [-0.3, -0.25) is 0 Å². The fraction of sp³-hybridized carbons (Fsp3) is 0.231. The van der Waals surface area contributed by atoms with Crippen molar-refractivity contribution in [3.63, 3.8) is 0 Å². The molecule has 0 spiro atoms. The predicted octanol–water partition coefficient (Wildman–Crippen LogP) is 3.73. The molecule has 1 heterocycles. The van der Waals surface area contributed by atoms with Crippen LogP contribution in [0.2, 0.25) is 0 Å². The maximum atomic E-state index is 5.70. The van der Waals surface area contributed by atoms with Crippen molar-refractivity contribution in [2.24, 2.45) is 0 Å². The summed E-state index contributed by atoms with van der Waals surface area (Å²) in [6.07, 6.45) is 0.884. The van der Waals surface area contributed by atoms with Crippen molar-refractivity contribution in [3.8, 4) is 11.3 Å². The molecule has 0 N–H and O–H groups in total. The Labute approximate surface area is 95.5 Å². The normalized spacial score (nSPS) is 10.5. The SMILES string of the molecule is Cc1ccc(-c2ccc(CCS)o2)cc1. The summed E-state index contributed by atoms with van der Waals surface area (Å²) < 4.78 is 5.70. The molecule has 1 nitrogen and oxygen atoms in total. The highest BCUT2D eigenvalue weighted by Gasteiger charge is 2.03. The standard InChI is InChI=1S/C13H14OS/c1-10-2-4-11(5-3-10)13-7-6-12(14-13)8-9-15/h2-7,15H,8-9H2,1H3. The lowest BCUT2D eigenvalue weighted by Crippen LogP contribution is -1.80. The average molecular weight is 218 g/mol. The van der Waals surface area contributed by atoms with Crippen molar-refractivity contribution in [1.29, 1.82) is 0 Å². The maximum absolute atomic E-state index is 5.70. The molecule has 0 amide bonds. The number of benzene rings is 1. The zero-order valence-corrected chi connectivity index (χ0v) is 9.63. The zero-order valence-electron chi connectivity index (χ0n) is 8.73. The van der Waals surface area contributed by atoms with Crippen LogP contribution in [-0.2, 0) is 6.42 Å². The Morgan fingerprint density at radius 3 is 2.47 bits per heavy atom. The molecular weight excluding hydrogens is 204 g/mol. The molecule has 78 valence electrons. The second-order valence-corrected chi connectivity index (χ2v) is 4.05. The molecule has 0 aliphatic rings. The molecule has 0 bridgehead atoms. The molecule has 0 saturated carbocycles. The van der Waals surface area contributed by atoms with E-state index in [1.165, 1.54) is 5.56 Å².